The van der Waals surface area contributed by atoms with E-state index in [1.54, 1.807) is 0 Å². The van der Waals surface area contributed by atoms with Gasteiger partial charge < -0.3 is 14.0 Å². The van der Waals surface area contributed by atoms with Gasteiger partial charge in [0.25, 0.3) is 5.56 Å². The van der Waals surface area contributed by atoms with E-state index in [2.05, 4.69) is 4.90 Å². The Balaban J connectivity index is 1.46. The van der Waals surface area contributed by atoms with E-state index >= 15 is 0 Å². The topological polar surface area (TPSA) is 90.7 Å². The Kier molecular flexibility index (Phi) is 8.17. The quantitative estimate of drug-likeness (QED) is 0.523. The summed E-state index contributed by atoms with van der Waals surface area (Å²) < 4.78 is 12.4. The van der Waals surface area contributed by atoms with E-state index in [-0.39, 0.29) is 35.4 Å². The minimum absolute atomic E-state index is 0.00614. The van der Waals surface area contributed by atoms with Crippen LogP contribution in [-0.4, -0.2) is 59.2 Å². The number of piperidine rings is 1. The lowest BCUT2D eigenvalue weighted by molar-refractivity contribution is -0.158. The van der Waals surface area contributed by atoms with E-state index in [4.69, 9.17) is 14.5 Å². The number of methoxy groups -OCH3 is 2. The third-order valence-electron chi connectivity index (χ3n) is 9.37. The molecule has 38 heavy (non-hydrogen) atoms. The first-order valence-electron chi connectivity index (χ1n) is 14.4. The second-order valence-corrected chi connectivity index (χ2v) is 11.3. The molecule has 2 aliphatic carbocycles. The molecule has 0 N–H and O–H groups in total. The Morgan fingerprint density at radius 1 is 0.895 bits per heavy atom. The number of carbonyl (C=O) groups is 2. The molecule has 5 rings (SSSR count). The highest BCUT2D eigenvalue weighted by Gasteiger charge is 2.46. The molecule has 1 saturated heterocycles. The molecule has 0 spiro atoms. The zero-order valence-electron chi connectivity index (χ0n) is 22.8. The zero-order valence-corrected chi connectivity index (χ0v) is 22.8. The Labute approximate surface area is 224 Å². The van der Waals surface area contributed by atoms with Crippen LogP contribution in [0.5, 0.6) is 0 Å². The third kappa shape index (κ3) is 4.88. The van der Waals surface area contributed by atoms with Crippen molar-refractivity contribution in [2.24, 2.45) is 5.92 Å². The maximum atomic E-state index is 14.1. The number of hydrogen-bond acceptors (Lipinski definition) is 7. The number of hydrogen-bond donors (Lipinski definition) is 0. The molecule has 2 saturated carbocycles. The number of carbonyl (C=O) groups excluding carboxylic acids is 2. The highest BCUT2D eigenvalue weighted by molar-refractivity contribution is 5.81. The Hall–Kier alpha value is -2.74. The normalized spacial score (nSPS) is 25.0. The molecule has 0 amide bonds. The van der Waals surface area contributed by atoms with Crippen molar-refractivity contribution < 1.29 is 19.1 Å². The molecule has 8 nitrogen and oxygen atoms in total. The van der Waals surface area contributed by atoms with Crippen molar-refractivity contribution in [1.82, 2.24) is 14.5 Å². The van der Waals surface area contributed by atoms with Gasteiger partial charge in [0, 0.05) is 25.0 Å². The Morgan fingerprint density at radius 3 is 2.26 bits per heavy atom. The summed E-state index contributed by atoms with van der Waals surface area (Å²) in [5.74, 6) is -0.907. The van der Waals surface area contributed by atoms with Gasteiger partial charge >= 0.3 is 11.9 Å². The molecule has 3 aliphatic rings. The predicted molar refractivity (Wildman–Crippen MR) is 145 cm³/mol. The van der Waals surface area contributed by atoms with Crippen molar-refractivity contribution in [3.8, 4) is 0 Å². The van der Waals surface area contributed by atoms with E-state index in [0.717, 1.165) is 94.8 Å². The molecule has 2 aromatic rings. The summed E-state index contributed by atoms with van der Waals surface area (Å²) in [6, 6.07) is 7.82. The average molecular weight is 524 g/mol. The molecule has 2 heterocycles. The molecular weight excluding hydrogens is 482 g/mol. The average Bonchev–Trinajstić information content (AvgIpc) is 3.42. The molecule has 2 atom stereocenters. The maximum absolute atomic E-state index is 14.1. The van der Waals surface area contributed by atoms with E-state index in [9.17, 15) is 14.4 Å². The SMILES string of the molecule is COC(=O)[C@@H]1CCCC1c1nc2ccccc2n(C2CCN(C3(C(=O)OC)CCCCCCC3)CC2)c1=O. The predicted octanol–water partition coefficient (Wildman–Crippen LogP) is 4.75. The fourth-order valence-electron chi connectivity index (χ4n) is 7.38. The van der Waals surface area contributed by atoms with Gasteiger partial charge in [-0.2, -0.15) is 0 Å². The minimum Gasteiger partial charge on any atom is -0.469 e. The lowest BCUT2D eigenvalue weighted by Crippen LogP contribution is -2.58. The largest absolute Gasteiger partial charge is 0.469 e. The van der Waals surface area contributed by atoms with Gasteiger partial charge in [0.2, 0.25) is 0 Å². The number of benzene rings is 1. The van der Waals surface area contributed by atoms with E-state index in [1.807, 2.05) is 28.8 Å². The van der Waals surface area contributed by atoms with E-state index in [0.29, 0.717) is 5.69 Å². The number of likely N-dealkylation sites (tertiary alicyclic amines) is 1. The molecule has 1 aliphatic heterocycles. The maximum Gasteiger partial charge on any atom is 0.326 e. The smallest absolute Gasteiger partial charge is 0.326 e. The highest BCUT2D eigenvalue weighted by atomic mass is 16.5. The first-order valence-corrected chi connectivity index (χ1v) is 14.4. The lowest BCUT2D eigenvalue weighted by atomic mass is 9.81. The number of nitrogens with zero attached hydrogens (tertiary/aromatic N) is 3. The van der Waals surface area contributed by atoms with Crippen LogP contribution in [0.15, 0.2) is 29.1 Å². The van der Waals surface area contributed by atoms with Gasteiger partial charge in [-0.25, -0.2) is 4.98 Å². The number of esters is 2. The van der Waals surface area contributed by atoms with Crippen molar-refractivity contribution >= 4 is 23.0 Å². The monoisotopic (exact) mass is 523 g/mol. The van der Waals surface area contributed by atoms with Gasteiger partial charge in [-0.1, -0.05) is 50.7 Å². The van der Waals surface area contributed by atoms with Gasteiger partial charge in [0.15, 0.2) is 0 Å². The van der Waals surface area contributed by atoms with Crippen LogP contribution in [0.2, 0.25) is 0 Å². The fraction of sp³-hybridized carbons (Fsp3) is 0.667. The van der Waals surface area contributed by atoms with Gasteiger partial charge in [0.05, 0.1) is 31.2 Å². The molecule has 3 fully saturated rings. The Morgan fingerprint density at radius 2 is 1.58 bits per heavy atom. The van der Waals surface area contributed by atoms with Crippen LogP contribution >= 0.6 is 0 Å². The summed E-state index contributed by atoms with van der Waals surface area (Å²) in [6.45, 7) is 1.48. The molecule has 1 aromatic carbocycles. The Bertz CT molecular complexity index is 1210. The van der Waals surface area contributed by atoms with E-state index < -0.39 is 5.54 Å². The summed E-state index contributed by atoms with van der Waals surface area (Å²) in [4.78, 5) is 46.9. The second-order valence-electron chi connectivity index (χ2n) is 11.3. The van der Waals surface area contributed by atoms with Crippen molar-refractivity contribution in [3.05, 3.63) is 40.3 Å². The summed E-state index contributed by atoms with van der Waals surface area (Å²) in [7, 11) is 2.92. The zero-order chi connectivity index (χ0) is 26.7. The number of para-hydroxylation sites is 2. The van der Waals surface area contributed by atoms with Crippen LogP contribution in [0.25, 0.3) is 11.0 Å². The number of fused-ring (bicyclic) bond motifs is 1. The third-order valence-corrected chi connectivity index (χ3v) is 9.37. The number of rotatable bonds is 5. The lowest BCUT2D eigenvalue weighted by Gasteiger charge is -2.46. The molecule has 206 valence electrons. The van der Waals surface area contributed by atoms with Gasteiger partial charge in [-0.15, -0.1) is 0 Å². The van der Waals surface area contributed by atoms with Crippen molar-refractivity contribution in [2.45, 2.75) is 94.5 Å². The molecular formula is C30H41N3O5. The van der Waals surface area contributed by atoms with Crippen LogP contribution < -0.4 is 5.56 Å². The van der Waals surface area contributed by atoms with E-state index in [1.165, 1.54) is 20.6 Å². The number of aromatic nitrogens is 2. The highest BCUT2D eigenvalue weighted by Crippen LogP contribution is 2.40. The van der Waals surface area contributed by atoms with Crippen LogP contribution in [0.3, 0.4) is 0 Å². The van der Waals surface area contributed by atoms with Crippen molar-refractivity contribution in [1.29, 1.82) is 0 Å². The molecule has 0 radical (unpaired) electrons. The minimum atomic E-state index is -0.561. The first-order chi connectivity index (χ1) is 18.5. The summed E-state index contributed by atoms with van der Waals surface area (Å²) in [5, 5.41) is 0. The van der Waals surface area contributed by atoms with Gasteiger partial charge in [-0.3, -0.25) is 19.3 Å². The van der Waals surface area contributed by atoms with Crippen LogP contribution in [-0.2, 0) is 19.1 Å². The van der Waals surface area contributed by atoms with Crippen LogP contribution in [0, 0.1) is 5.92 Å². The summed E-state index contributed by atoms with van der Waals surface area (Å²) in [6.07, 6.45) is 11.2. The summed E-state index contributed by atoms with van der Waals surface area (Å²) >= 11 is 0. The molecule has 0 bridgehead atoms. The van der Waals surface area contributed by atoms with Crippen molar-refractivity contribution in [2.75, 3.05) is 27.3 Å². The standard InChI is InChI=1S/C30H41N3O5/c1-37-28(35)23-12-10-11-22(23)26-27(34)33(25-14-7-6-13-24(25)31-26)21-15-19-32(20-16-21)30(29(36)38-2)17-8-4-3-5-9-18-30/h6-7,13-14,21-23H,3-5,8-12,15-20H2,1-2H3/t22?,23-/m1/s1. The second kappa shape index (κ2) is 11.6. The molecule has 1 aromatic heterocycles. The molecule has 8 heteroatoms. The molecule has 1 unspecified atom stereocenters. The summed E-state index contributed by atoms with van der Waals surface area (Å²) in [5.41, 5.74) is 1.46. The fourth-order valence-corrected chi connectivity index (χ4v) is 7.38. The van der Waals surface area contributed by atoms with Gasteiger partial charge in [-0.05, 0) is 50.7 Å². The van der Waals surface area contributed by atoms with Crippen LogP contribution in [0.1, 0.15) is 94.7 Å². The van der Waals surface area contributed by atoms with Gasteiger partial charge in [0.1, 0.15) is 11.2 Å². The van der Waals surface area contributed by atoms with Crippen LogP contribution in [0.4, 0.5) is 0 Å². The number of ether oxygens (including phenoxy) is 2. The first kappa shape index (κ1) is 26.9. The van der Waals surface area contributed by atoms with Crippen molar-refractivity contribution in [3.63, 3.8) is 0 Å².